The Kier molecular flexibility index (Phi) is 7.42. The third-order valence-electron chi connectivity index (χ3n) is 4.33. The normalized spacial score (nSPS) is 10.3. The number of hydrogen-bond acceptors (Lipinski definition) is 9. The number of aromatic nitrogens is 2. The molecule has 0 unspecified atom stereocenters. The van der Waals surface area contributed by atoms with Crippen LogP contribution in [0.15, 0.2) is 54.6 Å². The smallest absolute Gasteiger partial charge is 0.277 e. The molecule has 0 saturated carbocycles. The highest BCUT2D eigenvalue weighted by Crippen LogP contribution is 2.23. The van der Waals surface area contributed by atoms with Gasteiger partial charge < -0.3 is 14.8 Å². The van der Waals surface area contributed by atoms with Gasteiger partial charge in [-0.05, 0) is 37.3 Å². The summed E-state index contributed by atoms with van der Waals surface area (Å²) < 4.78 is 10.8. The van der Waals surface area contributed by atoms with E-state index in [2.05, 4.69) is 15.5 Å². The van der Waals surface area contributed by atoms with Crippen LogP contribution in [0.3, 0.4) is 0 Å². The third kappa shape index (κ3) is 6.19. The summed E-state index contributed by atoms with van der Waals surface area (Å²) >= 11 is 0. The second kappa shape index (κ2) is 10.6. The van der Waals surface area contributed by atoms with Gasteiger partial charge in [0.2, 0.25) is 5.88 Å². The predicted molar refractivity (Wildman–Crippen MR) is 116 cm³/mol. The molecule has 1 amide bonds. The van der Waals surface area contributed by atoms with Crippen LogP contribution in [0.5, 0.6) is 11.6 Å². The van der Waals surface area contributed by atoms with Gasteiger partial charge in [0.1, 0.15) is 12.4 Å². The van der Waals surface area contributed by atoms with Crippen LogP contribution in [-0.4, -0.2) is 45.7 Å². The lowest BCUT2D eigenvalue weighted by molar-refractivity contribution is -0.394. The molecule has 0 spiro atoms. The number of nitrogens with zero attached hydrogens (tertiary/aromatic N) is 4. The fraction of sp³-hybridized carbons (Fsp3) is 0.190. The number of carbonyl (C=O) groups excluding carboxylic acids is 1. The highest BCUT2D eigenvalue weighted by Gasteiger charge is 2.19. The first kappa shape index (κ1) is 23.1. The number of carbonyl (C=O) groups is 1. The number of benzene rings is 2. The molecule has 12 heteroatoms. The van der Waals surface area contributed by atoms with Gasteiger partial charge >= 0.3 is 0 Å². The van der Waals surface area contributed by atoms with Crippen molar-refractivity contribution in [3.8, 4) is 22.9 Å². The minimum Gasteiger partial charge on any atom is -0.494 e. The second-order valence-electron chi connectivity index (χ2n) is 6.57. The summed E-state index contributed by atoms with van der Waals surface area (Å²) in [5.41, 5.74) is 0.208. The number of non-ortho nitro benzene ring substituents is 2. The van der Waals surface area contributed by atoms with Gasteiger partial charge in [0.15, 0.2) is 0 Å². The second-order valence-corrected chi connectivity index (χ2v) is 6.57. The van der Waals surface area contributed by atoms with Gasteiger partial charge in [-0.1, -0.05) is 0 Å². The molecule has 2 aromatic carbocycles. The first-order valence-electron chi connectivity index (χ1n) is 9.79. The van der Waals surface area contributed by atoms with Crippen molar-refractivity contribution in [3.05, 3.63) is 80.4 Å². The molecule has 1 aromatic heterocycles. The molecule has 1 heterocycles. The Balaban J connectivity index is 1.53. The van der Waals surface area contributed by atoms with Crippen molar-refractivity contribution in [1.82, 2.24) is 15.5 Å². The van der Waals surface area contributed by atoms with Gasteiger partial charge in [0.25, 0.3) is 17.3 Å². The molecule has 0 saturated heterocycles. The summed E-state index contributed by atoms with van der Waals surface area (Å²) in [7, 11) is 0. The van der Waals surface area contributed by atoms with E-state index in [4.69, 9.17) is 9.47 Å². The highest BCUT2D eigenvalue weighted by molar-refractivity contribution is 5.95. The van der Waals surface area contributed by atoms with E-state index >= 15 is 0 Å². The quantitative estimate of drug-likeness (QED) is 0.276. The molecule has 12 nitrogen and oxygen atoms in total. The summed E-state index contributed by atoms with van der Waals surface area (Å²) in [4.78, 5) is 32.5. The molecule has 0 aliphatic rings. The standard InChI is InChI=1S/C21H19N5O7/c1-2-32-18-5-3-14(4-6-18)19-7-8-20(24-23-19)33-10-9-22-21(27)15-11-16(25(28)29)13-17(12-15)26(30)31/h3-8,11-13H,2,9-10H2,1H3,(H,22,27). The molecule has 33 heavy (non-hydrogen) atoms. The first-order valence-corrected chi connectivity index (χ1v) is 9.79. The van der Waals surface area contributed by atoms with E-state index in [1.807, 2.05) is 31.2 Å². The van der Waals surface area contributed by atoms with Gasteiger partial charge in [-0.3, -0.25) is 25.0 Å². The van der Waals surface area contributed by atoms with E-state index in [0.29, 0.717) is 12.3 Å². The summed E-state index contributed by atoms with van der Waals surface area (Å²) in [5.74, 6) is 0.295. The van der Waals surface area contributed by atoms with Crippen LogP contribution in [0.1, 0.15) is 17.3 Å². The monoisotopic (exact) mass is 453 g/mol. The van der Waals surface area contributed by atoms with Crippen molar-refractivity contribution in [2.75, 3.05) is 19.8 Å². The van der Waals surface area contributed by atoms with Crippen LogP contribution in [0, 0.1) is 20.2 Å². The maximum atomic E-state index is 12.2. The number of ether oxygens (including phenoxy) is 2. The van der Waals surface area contributed by atoms with Gasteiger partial charge in [0.05, 0.1) is 40.3 Å². The fourth-order valence-electron chi connectivity index (χ4n) is 2.80. The third-order valence-corrected chi connectivity index (χ3v) is 4.33. The Bertz CT molecular complexity index is 1120. The number of hydrogen-bond donors (Lipinski definition) is 1. The topological polar surface area (TPSA) is 160 Å². The molecule has 0 bridgehead atoms. The predicted octanol–water partition coefficient (Wildman–Crippen LogP) is 3.17. The molecule has 170 valence electrons. The van der Waals surface area contributed by atoms with Crippen molar-refractivity contribution in [2.45, 2.75) is 6.92 Å². The van der Waals surface area contributed by atoms with Crippen LogP contribution >= 0.6 is 0 Å². The Labute approximate surface area is 187 Å². The van der Waals surface area contributed by atoms with Crippen LogP contribution in [0.4, 0.5) is 11.4 Å². The van der Waals surface area contributed by atoms with Crippen molar-refractivity contribution in [3.63, 3.8) is 0 Å². The number of nitro groups is 2. The molecule has 3 rings (SSSR count). The molecule has 0 atom stereocenters. The molecule has 1 N–H and O–H groups in total. The van der Waals surface area contributed by atoms with E-state index in [-0.39, 0.29) is 24.6 Å². The number of amides is 1. The van der Waals surface area contributed by atoms with Crippen LogP contribution in [0.2, 0.25) is 0 Å². The Morgan fingerprint density at radius 1 is 0.939 bits per heavy atom. The lowest BCUT2D eigenvalue weighted by atomic mass is 10.1. The molecular formula is C21H19N5O7. The maximum Gasteiger partial charge on any atom is 0.277 e. The van der Waals surface area contributed by atoms with E-state index in [9.17, 15) is 25.0 Å². The SMILES string of the molecule is CCOc1ccc(-c2ccc(OCCNC(=O)c3cc([N+](=O)[O-])cc([N+](=O)[O-])c3)nn2)cc1. The zero-order valence-electron chi connectivity index (χ0n) is 17.5. The lowest BCUT2D eigenvalue weighted by Crippen LogP contribution is -2.28. The van der Waals surface area contributed by atoms with Crippen molar-refractivity contribution in [1.29, 1.82) is 0 Å². The largest absolute Gasteiger partial charge is 0.494 e. The Hall–Kier alpha value is -4.61. The Morgan fingerprint density at radius 3 is 2.15 bits per heavy atom. The van der Waals surface area contributed by atoms with Crippen molar-refractivity contribution in [2.24, 2.45) is 0 Å². The van der Waals surface area contributed by atoms with Crippen LogP contribution in [0.25, 0.3) is 11.3 Å². The molecule has 0 aliphatic carbocycles. The van der Waals surface area contributed by atoms with E-state index in [0.717, 1.165) is 29.5 Å². The summed E-state index contributed by atoms with van der Waals surface area (Å²) in [5, 5.41) is 32.5. The molecule has 0 radical (unpaired) electrons. The van der Waals surface area contributed by atoms with E-state index < -0.39 is 27.1 Å². The highest BCUT2D eigenvalue weighted by atomic mass is 16.6. The lowest BCUT2D eigenvalue weighted by Gasteiger charge is -2.08. The maximum absolute atomic E-state index is 12.2. The minimum absolute atomic E-state index is 0.0393. The molecule has 0 aliphatic heterocycles. The van der Waals surface area contributed by atoms with Crippen LogP contribution < -0.4 is 14.8 Å². The first-order chi connectivity index (χ1) is 15.9. The average Bonchev–Trinajstić information content (AvgIpc) is 2.82. The molecule has 0 fully saturated rings. The van der Waals surface area contributed by atoms with E-state index in [1.54, 1.807) is 12.1 Å². The number of nitrogens with one attached hydrogen (secondary N) is 1. The summed E-state index contributed by atoms with van der Waals surface area (Å²) in [6, 6.07) is 13.5. The summed E-state index contributed by atoms with van der Waals surface area (Å²) in [6.07, 6.45) is 0. The van der Waals surface area contributed by atoms with Gasteiger partial charge in [-0.15, -0.1) is 10.2 Å². The zero-order valence-corrected chi connectivity index (χ0v) is 17.5. The Morgan fingerprint density at radius 2 is 1.61 bits per heavy atom. The zero-order chi connectivity index (χ0) is 23.8. The molecular weight excluding hydrogens is 434 g/mol. The number of rotatable bonds is 10. The van der Waals surface area contributed by atoms with Crippen LogP contribution in [-0.2, 0) is 0 Å². The van der Waals surface area contributed by atoms with Crippen molar-refractivity contribution >= 4 is 17.3 Å². The molecule has 3 aromatic rings. The van der Waals surface area contributed by atoms with Gasteiger partial charge in [0, 0.05) is 23.8 Å². The van der Waals surface area contributed by atoms with Gasteiger partial charge in [-0.25, -0.2) is 0 Å². The van der Waals surface area contributed by atoms with E-state index in [1.165, 1.54) is 0 Å². The average molecular weight is 453 g/mol. The number of nitro benzene ring substituents is 2. The summed E-state index contributed by atoms with van der Waals surface area (Å²) in [6.45, 7) is 2.57. The minimum atomic E-state index is -0.803. The van der Waals surface area contributed by atoms with Gasteiger partial charge in [-0.2, -0.15) is 0 Å². The fourth-order valence-corrected chi connectivity index (χ4v) is 2.80. The van der Waals surface area contributed by atoms with Crippen molar-refractivity contribution < 1.29 is 24.1 Å².